The molecular formula is C15H23NO3. The van der Waals surface area contributed by atoms with E-state index in [1.807, 2.05) is 13.8 Å². The number of rotatable bonds is 1. The number of hydrogen-bond acceptors (Lipinski definition) is 4. The van der Waals surface area contributed by atoms with Crippen LogP contribution in [-0.2, 0) is 4.79 Å². The summed E-state index contributed by atoms with van der Waals surface area (Å²) in [6.45, 7) is 11.3. The summed E-state index contributed by atoms with van der Waals surface area (Å²) in [7, 11) is 0. The summed E-state index contributed by atoms with van der Waals surface area (Å²) >= 11 is 0. The molecule has 1 aromatic rings. The minimum Gasteiger partial charge on any atom is -0.504 e. The van der Waals surface area contributed by atoms with Crippen LogP contribution < -0.4 is 10.1 Å². The van der Waals surface area contributed by atoms with Crippen LogP contribution in [-0.4, -0.2) is 24.2 Å². The highest BCUT2D eigenvalue weighted by Gasteiger charge is 2.01. The van der Waals surface area contributed by atoms with Gasteiger partial charge in [-0.3, -0.25) is 4.79 Å². The number of benzene rings is 1. The number of nitrogens with one attached hydrogen (secondary N) is 1. The number of hydrogen-bond donors (Lipinski definition) is 2. The van der Waals surface area contributed by atoms with Crippen molar-refractivity contribution in [2.75, 3.05) is 13.1 Å². The third kappa shape index (κ3) is 8.00. The molecule has 2 N–H and O–H groups in total. The second-order valence-corrected chi connectivity index (χ2v) is 3.74. The predicted octanol–water partition coefficient (Wildman–Crippen LogP) is 2.88. The van der Waals surface area contributed by atoms with Crippen LogP contribution in [0.25, 0.3) is 0 Å². The van der Waals surface area contributed by atoms with Crippen LogP contribution in [0, 0.1) is 0 Å². The van der Waals surface area contributed by atoms with Gasteiger partial charge in [0.05, 0.1) is 0 Å². The fourth-order valence-corrected chi connectivity index (χ4v) is 1.32. The fourth-order valence-electron chi connectivity index (χ4n) is 1.32. The summed E-state index contributed by atoms with van der Waals surface area (Å²) in [5.74, 6) is -0.269. The summed E-state index contributed by atoms with van der Waals surface area (Å²) in [5.41, 5.74) is 1.34. The van der Waals surface area contributed by atoms with Gasteiger partial charge in [0.15, 0.2) is 11.5 Å². The second-order valence-electron chi connectivity index (χ2n) is 3.74. The minimum absolute atomic E-state index is 0.0253. The number of phenols is 1. The summed E-state index contributed by atoms with van der Waals surface area (Å²) in [6.07, 6.45) is 1.18. The van der Waals surface area contributed by atoms with E-state index in [2.05, 4.69) is 16.6 Å². The minimum atomic E-state index is -0.438. The first kappa shape index (κ1) is 17.2. The van der Waals surface area contributed by atoms with E-state index in [0.29, 0.717) is 0 Å². The largest absolute Gasteiger partial charge is 0.504 e. The second kappa shape index (κ2) is 10.1. The van der Waals surface area contributed by atoms with Gasteiger partial charge in [0.1, 0.15) is 0 Å². The molecule has 4 heteroatoms. The lowest BCUT2D eigenvalue weighted by atomic mass is 10.3. The summed E-state index contributed by atoms with van der Waals surface area (Å²) < 4.78 is 4.66. The standard InChI is InChI=1S/C8H8O3.C5H9N.C2H6/c1-6(9)11-8-5-3-2-4-7(8)10;1-5-2-3-6-4-5;1-2/h2-5,10H,1H3;6H,1-4H2;1-2H3. The monoisotopic (exact) mass is 265 g/mol. The smallest absolute Gasteiger partial charge is 0.308 e. The van der Waals surface area contributed by atoms with Crippen LogP contribution in [0.1, 0.15) is 27.2 Å². The average Bonchev–Trinajstić information content (AvgIpc) is 2.86. The Morgan fingerprint density at radius 1 is 1.37 bits per heavy atom. The van der Waals surface area contributed by atoms with Crippen molar-refractivity contribution in [3.8, 4) is 11.5 Å². The summed E-state index contributed by atoms with van der Waals surface area (Å²) in [6, 6.07) is 6.31. The van der Waals surface area contributed by atoms with Gasteiger partial charge in [-0.15, -0.1) is 0 Å². The topological polar surface area (TPSA) is 58.6 Å². The molecule has 0 aromatic heterocycles. The highest BCUT2D eigenvalue weighted by Crippen LogP contribution is 2.24. The van der Waals surface area contributed by atoms with Gasteiger partial charge in [-0.2, -0.15) is 0 Å². The van der Waals surface area contributed by atoms with Crippen molar-refractivity contribution >= 4 is 5.97 Å². The molecule has 1 aromatic carbocycles. The maximum absolute atomic E-state index is 10.4. The Kier molecular flexibility index (Phi) is 9.18. The zero-order chi connectivity index (χ0) is 14.7. The number of esters is 1. The Morgan fingerprint density at radius 2 is 2.00 bits per heavy atom. The molecule has 1 fully saturated rings. The fraction of sp³-hybridized carbons (Fsp3) is 0.400. The molecule has 0 atom stereocenters. The Balaban J connectivity index is 0.000000341. The predicted molar refractivity (Wildman–Crippen MR) is 77.4 cm³/mol. The number of para-hydroxylation sites is 2. The molecule has 4 nitrogen and oxygen atoms in total. The molecule has 1 saturated heterocycles. The number of aromatic hydroxyl groups is 1. The Bertz CT molecular complexity index is 394. The van der Waals surface area contributed by atoms with Gasteiger partial charge >= 0.3 is 5.97 Å². The van der Waals surface area contributed by atoms with Crippen molar-refractivity contribution < 1.29 is 14.6 Å². The third-order valence-corrected chi connectivity index (χ3v) is 2.15. The quantitative estimate of drug-likeness (QED) is 0.466. The maximum Gasteiger partial charge on any atom is 0.308 e. The molecule has 106 valence electrons. The Labute approximate surface area is 115 Å². The molecule has 1 heterocycles. The lowest BCUT2D eigenvalue weighted by molar-refractivity contribution is -0.132. The van der Waals surface area contributed by atoms with E-state index in [0.717, 1.165) is 13.1 Å². The highest BCUT2D eigenvalue weighted by atomic mass is 16.5. The molecular weight excluding hydrogens is 242 g/mol. The molecule has 1 aliphatic rings. The number of phenolic OH excluding ortho intramolecular Hbond substituents is 1. The van der Waals surface area contributed by atoms with Gasteiger partial charge < -0.3 is 15.2 Å². The molecule has 0 bridgehead atoms. The van der Waals surface area contributed by atoms with E-state index < -0.39 is 5.97 Å². The van der Waals surface area contributed by atoms with Crippen molar-refractivity contribution in [3.63, 3.8) is 0 Å². The van der Waals surface area contributed by atoms with E-state index >= 15 is 0 Å². The van der Waals surface area contributed by atoms with Crippen molar-refractivity contribution in [1.82, 2.24) is 5.32 Å². The lowest BCUT2D eigenvalue weighted by Gasteiger charge is -2.01. The van der Waals surface area contributed by atoms with Gasteiger partial charge in [0.2, 0.25) is 0 Å². The average molecular weight is 265 g/mol. The summed E-state index contributed by atoms with van der Waals surface area (Å²) in [5, 5.41) is 12.3. The van der Waals surface area contributed by atoms with Crippen molar-refractivity contribution in [2.45, 2.75) is 27.2 Å². The van der Waals surface area contributed by atoms with E-state index in [1.165, 1.54) is 31.1 Å². The molecule has 0 saturated carbocycles. The molecule has 0 unspecified atom stereocenters. The van der Waals surface area contributed by atoms with Crippen LogP contribution in [0.4, 0.5) is 0 Å². The molecule has 0 amide bonds. The van der Waals surface area contributed by atoms with E-state index in [1.54, 1.807) is 12.1 Å². The third-order valence-electron chi connectivity index (χ3n) is 2.15. The van der Waals surface area contributed by atoms with Crippen LogP contribution >= 0.6 is 0 Å². The van der Waals surface area contributed by atoms with Crippen molar-refractivity contribution in [1.29, 1.82) is 0 Å². The van der Waals surface area contributed by atoms with Gasteiger partial charge in [-0.05, 0) is 25.1 Å². The van der Waals surface area contributed by atoms with Crippen molar-refractivity contribution in [3.05, 3.63) is 36.4 Å². The van der Waals surface area contributed by atoms with Crippen LogP contribution in [0.2, 0.25) is 0 Å². The van der Waals surface area contributed by atoms with Gasteiger partial charge in [-0.25, -0.2) is 0 Å². The molecule has 19 heavy (non-hydrogen) atoms. The Hall–Kier alpha value is -1.81. The van der Waals surface area contributed by atoms with E-state index in [4.69, 9.17) is 5.11 Å². The highest BCUT2D eigenvalue weighted by molar-refractivity contribution is 5.70. The first-order chi connectivity index (χ1) is 9.09. The SMILES string of the molecule is C=C1CCNC1.CC.CC(=O)Oc1ccccc1O. The maximum atomic E-state index is 10.4. The van der Waals surface area contributed by atoms with Crippen LogP contribution in [0.15, 0.2) is 36.4 Å². The van der Waals surface area contributed by atoms with Crippen LogP contribution in [0.5, 0.6) is 11.5 Å². The molecule has 0 aliphatic carbocycles. The van der Waals surface area contributed by atoms with Gasteiger partial charge in [0.25, 0.3) is 0 Å². The molecule has 2 rings (SSSR count). The van der Waals surface area contributed by atoms with Gasteiger partial charge in [-0.1, -0.05) is 38.1 Å². The first-order valence-corrected chi connectivity index (χ1v) is 6.43. The van der Waals surface area contributed by atoms with Crippen molar-refractivity contribution in [2.24, 2.45) is 0 Å². The number of carbonyl (C=O) groups is 1. The van der Waals surface area contributed by atoms with Crippen LogP contribution in [0.3, 0.4) is 0 Å². The normalized spacial score (nSPS) is 12.7. The van der Waals surface area contributed by atoms with Gasteiger partial charge in [0, 0.05) is 13.5 Å². The molecule has 0 radical (unpaired) electrons. The lowest BCUT2D eigenvalue weighted by Crippen LogP contribution is -2.04. The first-order valence-electron chi connectivity index (χ1n) is 6.43. The summed E-state index contributed by atoms with van der Waals surface area (Å²) in [4.78, 5) is 10.4. The number of ether oxygens (including phenoxy) is 1. The zero-order valence-corrected chi connectivity index (χ0v) is 11.9. The zero-order valence-electron chi connectivity index (χ0n) is 11.9. The van der Waals surface area contributed by atoms with E-state index in [9.17, 15) is 4.79 Å². The molecule has 0 spiro atoms. The van der Waals surface area contributed by atoms with E-state index in [-0.39, 0.29) is 11.5 Å². The number of carbonyl (C=O) groups excluding carboxylic acids is 1. The molecule has 1 aliphatic heterocycles. The Morgan fingerprint density at radius 3 is 2.37 bits per heavy atom.